The van der Waals surface area contributed by atoms with Gasteiger partial charge in [0.05, 0.1) is 7.11 Å². The minimum Gasteiger partial charge on any atom is -0.468 e. The van der Waals surface area contributed by atoms with E-state index in [1.54, 1.807) is 12.1 Å². The smallest absolute Gasteiger partial charge is 0.318 e. The number of halogens is 2. The molecule has 1 atom stereocenters. The van der Waals surface area contributed by atoms with Gasteiger partial charge in [0.1, 0.15) is 9.74 Å². The first-order chi connectivity index (χ1) is 7.63. The lowest BCUT2D eigenvalue weighted by atomic mass is 10.1. The highest BCUT2D eigenvalue weighted by molar-refractivity contribution is 14.1. The number of esters is 1. The van der Waals surface area contributed by atoms with Crippen molar-refractivity contribution in [2.24, 2.45) is 0 Å². The van der Waals surface area contributed by atoms with Crippen LogP contribution in [0.4, 0.5) is 4.39 Å². The number of aryl methyl sites for hydroxylation is 1. The van der Waals surface area contributed by atoms with Gasteiger partial charge in [-0.2, -0.15) is 0 Å². The van der Waals surface area contributed by atoms with Gasteiger partial charge in [0.15, 0.2) is 0 Å². The number of hydrogen-bond donors (Lipinski definition) is 0. The summed E-state index contributed by atoms with van der Waals surface area (Å²) in [5.41, 5.74) is 1.09. The normalized spacial score (nSPS) is 12.2. The number of hydrogen-bond acceptors (Lipinski definition) is 2. The fraction of sp³-hybridized carbons (Fsp3) is 0.417. The first-order valence-electron chi connectivity index (χ1n) is 5.10. The van der Waals surface area contributed by atoms with Gasteiger partial charge in [-0.05, 0) is 37.0 Å². The maximum atomic E-state index is 12.6. The van der Waals surface area contributed by atoms with E-state index in [4.69, 9.17) is 0 Å². The third-order valence-electron chi connectivity index (χ3n) is 2.29. The molecular formula is C12H14FIO2. The molecule has 1 aromatic carbocycles. The Bertz CT molecular complexity index is 337. The van der Waals surface area contributed by atoms with Gasteiger partial charge in [-0.1, -0.05) is 34.7 Å². The van der Waals surface area contributed by atoms with E-state index in [1.807, 2.05) is 0 Å². The van der Waals surface area contributed by atoms with Gasteiger partial charge >= 0.3 is 5.97 Å². The first-order valence-corrected chi connectivity index (χ1v) is 6.34. The fourth-order valence-electron chi connectivity index (χ4n) is 1.38. The lowest BCUT2D eigenvalue weighted by Gasteiger charge is -2.07. The molecule has 1 rings (SSSR count). The molecule has 0 bridgehead atoms. The van der Waals surface area contributed by atoms with Crippen LogP contribution in [0, 0.1) is 5.82 Å². The van der Waals surface area contributed by atoms with Crippen LogP contribution in [0.5, 0.6) is 0 Å². The summed E-state index contributed by atoms with van der Waals surface area (Å²) in [6.45, 7) is 0. The number of benzene rings is 1. The van der Waals surface area contributed by atoms with Gasteiger partial charge in [0, 0.05) is 0 Å². The molecule has 0 fully saturated rings. The molecule has 0 amide bonds. The van der Waals surface area contributed by atoms with Crippen LogP contribution >= 0.6 is 22.6 Å². The third kappa shape index (κ3) is 4.47. The molecule has 4 heteroatoms. The SMILES string of the molecule is COC(=O)C(I)CCCc1ccc(F)cc1. The molecule has 16 heavy (non-hydrogen) atoms. The largest absolute Gasteiger partial charge is 0.468 e. The van der Waals surface area contributed by atoms with Crippen molar-refractivity contribution in [1.82, 2.24) is 0 Å². The summed E-state index contributed by atoms with van der Waals surface area (Å²) in [6.07, 6.45) is 2.54. The average molecular weight is 336 g/mol. The van der Waals surface area contributed by atoms with Gasteiger partial charge in [0.25, 0.3) is 0 Å². The average Bonchev–Trinajstić information content (AvgIpc) is 2.30. The molecule has 1 unspecified atom stereocenters. The maximum absolute atomic E-state index is 12.6. The van der Waals surface area contributed by atoms with Crippen LogP contribution in [0.15, 0.2) is 24.3 Å². The van der Waals surface area contributed by atoms with Gasteiger partial charge in [-0.3, -0.25) is 4.79 Å². The Hall–Kier alpha value is -0.650. The van der Waals surface area contributed by atoms with E-state index < -0.39 is 0 Å². The topological polar surface area (TPSA) is 26.3 Å². The van der Waals surface area contributed by atoms with E-state index in [9.17, 15) is 9.18 Å². The van der Waals surface area contributed by atoms with Gasteiger partial charge in [0.2, 0.25) is 0 Å². The molecule has 0 heterocycles. The van der Waals surface area contributed by atoms with Gasteiger partial charge < -0.3 is 4.74 Å². The quantitative estimate of drug-likeness (QED) is 0.469. The number of rotatable bonds is 5. The lowest BCUT2D eigenvalue weighted by molar-refractivity contribution is -0.139. The van der Waals surface area contributed by atoms with Crippen molar-refractivity contribution >= 4 is 28.6 Å². The van der Waals surface area contributed by atoms with E-state index in [1.165, 1.54) is 19.2 Å². The van der Waals surface area contributed by atoms with Gasteiger partial charge in [-0.25, -0.2) is 4.39 Å². The predicted octanol–water partition coefficient (Wildman–Crippen LogP) is 3.13. The zero-order valence-electron chi connectivity index (χ0n) is 9.08. The molecule has 0 radical (unpaired) electrons. The Labute approximate surface area is 108 Å². The van der Waals surface area contributed by atoms with E-state index in [0.717, 1.165) is 24.8 Å². The molecule has 0 saturated heterocycles. The molecule has 0 aliphatic carbocycles. The molecular weight excluding hydrogens is 322 g/mol. The van der Waals surface area contributed by atoms with Crippen LogP contribution < -0.4 is 0 Å². The molecule has 0 aliphatic heterocycles. The summed E-state index contributed by atoms with van der Waals surface area (Å²) in [7, 11) is 1.40. The summed E-state index contributed by atoms with van der Waals surface area (Å²) < 4.78 is 17.2. The van der Waals surface area contributed by atoms with Crippen LogP contribution in [-0.2, 0) is 16.0 Å². The Morgan fingerprint density at radius 1 is 1.44 bits per heavy atom. The number of carbonyl (C=O) groups is 1. The van der Waals surface area contributed by atoms with Crippen molar-refractivity contribution in [2.45, 2.75) is 23.2 Å². The zero-order valence-corrected chi connectivity index (χ0v) is 11.2. The number of carbonyl (C=O) groups excluding carboxylic acids is 1. The highest BCUT2D eigenvalue weighted by Crippen LogP contribution is 2.14. The van der Waals surface area contributed by atoms with Crippen molar-refractivity contribution in [3.05, 3.63) is 35.6 Å². The molecule has 1 aromatic rings. The minimum absolute atomic E-state index is 0.0944. The van der Waals surface area contributed by atoms with Crippen LogP contribution in [0.2, 0.25) is 0 Å². The molecule has 0 aromatic heterocycles. The summed E-state index contributed by atoms with van der Waals surface area (Å²) in [6, 6.07) is 6.46. The molecule has 0 saturated carbocycles. The Morgan fingerprint density at radius 3 is 2.62 bits per heavy atom. The van der Waals surface area contributed by atoms with Crippen molar-refractivity contribution in [2.75, 3.05) is 7.11 Å². The summed E-state index contributed by atoms with van der Waals surface area (Å²) >= 11 is 2.08. The molecule has 2 nitrogen and oxygen atoms in total. The highest BCUT2D eigenvalue weighted by Gasteiger charge is 2.13. The van der Waals surface area contributed by atoms with Crippen molar-refractivity contribution in [3.8, 4) is 0 Å². The second-order valence-corrected chi connectivity index (χ2v) is 5.01. The summed E-state index contributed by atoms with van der Waals surface area (Å²) in [5, 5.41) is 0. The monoisotopic (exact) mass is 336 g/mol. The number of methoxy groups -OCH3 is 1. The molecule has 88 valence electrons. The molecule has 0 N–H and O–H groups in total. The van der Waals surface area contributed by atoms with Crippen molar-refractivity contribution < 1.29 is 13.9 Å². The standard InChI is InChI=1S/C12H14FIO2/c1-16-12(15)11(14)4-2-3-9-5-7-10(13)8-6-9/h5-8,11H,2-4H2,1H3. The third-order valence-corrected chi connectivity index (χ3v) is 3.42. The minimum atomic E-state index is -0.218. The fourth-order valence-corrected chi connectivity index (χ4v) is 2.08. The lowest BCUT2D eigenvalue weighted by Crippen LogP contribution is -2.15. The van der Waals surface area contributed by atoms with E-state index in [-0.39, 0.29) is 15.7 Å². The van der Waals surface area contributed by atoms with Crippen LogP contribution in [0.25, 0.3) is 0 Å². The predicted molar refractivity (Wildman–Crippen MR) is 69.2 cm³/mol. The van der Waals surface area contributed by atoms with E-state index in [2.05, 4.69) is 27.3 Å². The Morgan fingerprint density at radius 2 is 2.06 bits per heavy atom. The number of alkyl halides is 1. The van der Waals surface area contributed by atoms with Crippen LogP contribution in [0.1, 0.15) is 18.4 Å². The van der Waals surface area contributed by atoms with Crippen molar-refractivity contribution in [1.29, 1.82) is 0 Å². The first kappa shape index (κ1) is 13.4. The Kier molecular flexibility index (Phi) is 5.73. The van der Waals surface area contributed by atoms with E-state index >= 15 is 0 Å². The van der Waals surface area contributed by atoms with E-state index in [0.29, 0.717) is 0 Å². The zero-order chi connectivity index (χ0) is 12.0. The van der Waals surface area contributed by atoms with Gasteiger partial charge in [-0.15, -0.1) is 0 Å². The maximum Gasteiger partial charge on any atom is 0.318 e. The van der Waals surface area contributed by atoms with Crippen LogP contribution in [0.3, 0.4) is 0 Å². The Balaban J connectivity index is 2.30. The van der Waals surface area contributed by atoms with Crippen LogP contribution in [-0.4, -0.2) is 17.0 Å². The highest BCUT2D eigenvalue weighted by atomic mass is 127. The molecule has 0 spiro atoms. The summed E-state index contributed by atoms with van der Waals surface area (Å²) in [4.78, 5) is 11.1. The second kappa shape index (κ2) is 6.83. The molecule has 0 aliphatic rings. The second-order valence-electron chi connectivity index (χ2n) is 3.51. The number of ether oxygens (including phenoxy) is 1. The summed E-state index contributed by atoms with van der Waals surface area (Å²) in [5.74, 6) is -0.398. The van der Waals surface area contributed by atoms with Crippen molar-refractivity contribution in [3.63, 3.8) is 0 Å².